The van der Waals surface area contributed by atoms with E-state index in [1.807, 2.05) is 24.4 Å². The summed E-state index contributed by atoms with van der Waals surface area (Å²) in [5.74, 6) is 0.00119. The highest BCUT2D eigenvalue weighted by Gasteiger charge is 2.21. The van der Waals surface area contributed by atoms with E-state index in [0.29, 0.717) is 13.2 Å². The molecule has 122 valence electrons. The lowest BCUT2D eigenvalue weighted by Crippen LogP contribution is -2.47. The van der Waals surface area contributed by atoms with Gasteiger partial charge in [0, 0.05) is 26.2 Å². The van der Waals surface area contributed by atoms with E-state index in [0.717, 1.165) is 30.1 Å². The summed E-state index contributed by atoms with van der Waals surface area (Å²) in [6, 6.07) is 12.4. The van der Waals surface area contributed by atoms with Crippen molar-refractivity contribution in [1.82, 2.24) is 10.2 Å². The molecule has 1 N–H and O–H groups in total. The highest BCUT2D eigenvalue weighted by atomic mass is 32.1. The molecule has 2 aromatic rings. The first-order chi connectivity index (χ1) is 11.2. The molecule has 1 fully saturated rings. The smallest absolute Gasteiger partial charge is 0.261 e. The van der Waals surface area contributed by atoms with Gasteiger partial charge in [0.2, 0.25) is 0 Å². The third kappa shape index (κ3) is 4.41. The molecule has 1 aromatic carbocycles. The summed E-state index contributed by atoms with van der Waals surface area (Å²) in [4.78, 5) is 15.3. The largest absolute Gasteiger partial charge is 0.374 e. The molecule has 5 heteroatoms. The van der Waals surface area contributed by atoms with Gasteiger partial charge in [0.1, 0.15) is 0 Å². The fourth-order valence-electron chi connectivity index (χ4n) is 2.78. The van der Waals surface area contributed by atoms with Crippen molar-refractivity contribution < 1.29 is 9.53 Å². The SMILES string of the molecule is Cc1ccsc1C(=O)NCC1CN(Cc2ccccc2)CCO1. The highest BCUT2D eigenvalue weighted by Crippen LogP contribution is 2.15. The van der Waals surface area contributed by atoms with E-state index in [2.05, 4.69) is 34.5 Å². The standard InChI is InChI=1S/C18H22N2O2S/c1-14-7-10-23-17(14)18(21)19-11-16-13-20(8-9-22-16)12-15-5-3-2-4-6-15/h2-7,10,16H,8-9,11-13H2,1H3,(H,19,21). The zero-order chi connectivity index (χ0) is 16.1. The Bertz CT molecular complexity index is 641. The summed E-state index contributed by atoms with van der Waals surface area (Å²) in [5.41, 5.74) is 2.34. The molecule has 1 amide bonds. The van der Waals surface area contributed by atoms with E-state index < -0.39 is 0 Å². The Kier molecular flexibility index (Phi) is 5.43. The fourth-order valence-corrected chi connectivity index (χ4v) is 3.62. The molecule has 1 atom stereocenters. The molecule has 3 rings (SSSR count). The Balaban J connectivity index is 1.49. The lowest BCUT2D eigenvalue weighted by Gasteiger charge is -2.33. The summed E-state index contributed by atoms with van der Waals surface area (Å²) >= 11 is 1.48. The van der Waals surface area contributed by atoms with Crippen LogP contribution in [-0.2, 0) is 11.3 Å². The molecular formula is C18H22N2O2S. The summed E-state index contributed by atoms with van der Waals surface area (Å²) in [5, 5.41) is 4.95. The number of amides is 1. The molecule has 0 spiro atoms. The molecule has 23 heavy (non-hydrogen) atoms. The molecule has 1 aliphatic rings. The maximum Gasteiger partial charge on any atom is 0.261 e. The van der Waals surface area contributed by atoms with Gasteiger partial charge in [-0.2, -0.15) is 0 Å². The van der Waals surface area contributed by atoms with Crippen LogP contribution in [0, 0.1) is 6.92 Å². The van der Waals surface area contributed by atoms with E-state index in [1.165, 1.54) is 16.9 Å². The summed E-state index contributed by atoms with van der Waals surface area (Å²) in [6.07, 6.45) is 0.0525. The molecular weight excluding hydrogens is 308 g/mol. The van der Waals surface area contributed by atoms with Gasteiger partial charge in [-0.1, -0.05) is 30.3 Å². The molecule has 0 bridgehead atoms. The van der Waals surface area contributed by atoms with Crippen molar-refractivity contribution in [2.24, 2.45) is 0 Å². The summed E-state index contributed by atoms with van der Waals surface area (Å²) in [6.45, 7) is 5.94. The van der Waals surface area contributed by atoms with Crippen LogP contribution in [0.1, 0.15) is 20.8 Å². The predicted octanol–water partition coefficient (Wildman–Crippen LogP) is 2.69. The fraction of sp³-hybridized carbons (Fsp3) is 0.389. The molecule has 0 radical (unpaired) electrons. The number of thiophene rings is 1. The lowest BCUT2D eigenvalue weighted by molar-refractivity contribution is -0.0292. The second-order valence-corrected chi connectivity index (χ2v) is 6.77. The molecule has 2 heterocycles. The van der Waals surface area contributed by atoms with E-state index >= 15 is 0 Å². The summed E-state index contributed by atoms with van der Waals surface area (Å²) < 4.78 is 5.79. The topological polar surface area (TPSA) is 41.6 Å². The number of carbonyl (C=O) groups excluding carboxylic acids is 1. The van der Waals surface area contributed by atoms with Crippen molar-refractivity contribution in [3.8, 4) is 0 Å². The molecule has 1 saturated heterocycles. The minimum Gasteiger partial charge on any atom is -0.374 e. The van der Waals surface area contributed by atoms with E-state index in [1.54, 1.807) is 0 Å². The number of ether oxygens (including phenoxy) is 1. The zero-order valence-electron chi connectivity index (χ0n) is 13.3. The number of morpholine rings is 1. The first-order valence-electron chi connectivity index (χ1n) is 7.92. The van der Waals surface area contributed by atoms with Gasteiger partial charge in [0.25, 0.3) is 5.91 Å². The number of carbonyl (C=O) groups is 1. The van der Waals surface area contributed by atoms with Gasteiger partial charge in [-0.25, -0.2) is 0 Å². The van der Waals surface area contributed by atoms with Gasteiger partial charge in [-0.15, -0.1) is 11.3 Å². The zero-order valence-corrected chi connectivity index (χ0v) is 14.1. The highest BCUT2D eigenvalue weighted by molar-refractivity contribution is 7.12. The van der Waals surface area contributed by atoms with Gasteiger partial charge >= 0.3 is 0 Å². The van der Waals surface area contributed by atoms with Crippen molar-refractivity contribution in [2.45, 2.75) is 19.6 Å². The second-order valence-electron chi connectivity index (χ2n) is 5.86. The Morgan fingerprint density at radius 1 is 1.35 bits per heavy atom. The second kappa shape index (κ2) is 7.73. The maximum atomic E-state index is 12.2. The van der Waals surface area contributed by atoms with Crippen LogP contribution in [0.15, 0.2) is 41.8 Å². The minimum atomic E-state index is 0.00119. The molecule has 1 aliphatic heterocycles. The average molecular weight is 330 g/mol. The first kappa shape index (κ1) is 16.2. The number of nitrogens with zero attached hydrogens (tertiary/aromatic N) is 1. The molecule has 4 nitrogen and oxygen atoms in total. The van der Waals surface area contributed by atoms with E-state index in [-0.39, 0.29) is 12.0 Å². The third-order valence-corrected chi connectivity index (χ3v) is 5.05. The monoisotopic (exact) mass is 330 g/mol. The number of nitrogens with one attached hydrogen (secondary N) is 1. The van der Waals surface area contributed by atoms with Crippen LogP contribution in [0.4, 0.5) is 0 Å². The first-order valence-corrected chi connectivity index (χ1v) is 8.80. The lowest BCUT2D eigenvalue weighted by atomic mass is 10.2. The third-order valence-electron chi connectivity index (χ3n) is 4.03. The minimum absolute atomic E-state index is 0.00119. The Labute approximate surface area is 141 Å². The number of benzene rings is 1. The number of hydrogen-bond donors (Lipinski definition) is 1. The van der Waals surface area contributed by atoms with Gasteiger partial charge in [0.05, 0.1) is 17.6 Å². The van der Waals surface area contributed by atoms with Crippen LogP contribution in [0.25, 0.3) is 0 Å². The van der Waals surface area contributed by atoms with Gasteiger partial charge < -0.3 is 10.1 Å². The van der Waals surface area contributed by atoms with E-state index in [4.69, 9.17) is 4.74 Å². The van der Waals surface area contributed by atoms with Gasteiger partial charge in [-0.3, -0.25) is 9.69 Å². The van der Waals surface area contributed by atoms with E-state index in [9.17, 15) is 4.79 Å². The van der Waals surface area contributed by atoms with Crippen molar-refractivity contribution in [2.75, 3.05) is 26.2 Å². The van der Waals surface area contributed by atoms with Crippen molar-refractivity contribution in [1.29, 1.82) is 0 Å². The molecule has 1 unspecified atom stereocenters. The Morgan fingerprint density at radius 2 is 2.17 bits per heavy atom. The average Bonchev–Trinajstić information content (AvgIpc) is 3.00. The van der Waals surface area contributed by atoms with Crippen molar-refractivity contribution in [3.05, 3.63) is 57.8 Å². The number of hydrogen-bond acceptors (Lipinski definition) is 4. The molecule has 0 aliphatic carbocycles. The van der Waals surface area contributed by atoms with Gasteiger partial charge in [-0.05, 0) is 29.5 Å². The summed E-state index contributed by atoms with van der Waals surface area (Å²) in [7, 11) is 0. The van der Waals surface area contributed by atoms with Crippen LogP contribution >= 0.6 is 11.3 Å². The predicted molar refractivity (Wildman–Crippen MR) is 92.8 cm³/mol. The Hall–Kier alpha value is -1.69. The molecule has 1 aromatic heterocycles. The molecule has 0 saturated carbocycles. The van der Waals surface area contributed by atoms with Crippen LogP contribution < -0.4 is 5.32 Å². The Morgan fingerprint density at radius 3 is 2.91 bits per heavy atom. The van der Waals surface area contributed by atoms with Crippen LogP contribution in [-0.4, -0.2) is 43.2 Å². The van der Waals surface area contributed by atoms with Crippen LogP contribution in [0.2, 0.25) is 0 Å². The number of rotatable bonds is 5. The maximum absolute atomic E-state index is 12.2. The number of aryl methyl sites for hydroxylation is 1. The van der Waals surface area contributed by atoms with Crippen molar-refractivity contribution >= 4 is 17.2 Å². The van der Waals surface area contributed by atoms with Crippen molar-refractivity contribution in [3.63, 3.8) is 0 Å². The van der Waals surface area contributed by atoms with Crippen LogP contribution in [0.3, 0.4) is 0 Å². The quantitative estimate of drug-likeness (QED) is 0.916. The van der Waals surface area contributed by atoms with Crippen LogP contribution in [0.5, 0.6) is 0 Å². The normalized spacial score (nSPS) is 18.7. The van der Waals surface area contributed by atoms with Gasteiger partial charge in [0.15, 0.2) is 0 Å².